The molecule has 0 unspecified atom stereocenters. The van der Waals surface area contributed by atoms with Gasteiger partial charge in [-0.3, -0.25) is 9.52 Å². The fraction of sp³-hybridized carbons (Fsp3) is 0.320. The van der Waals surface area contributed by atoms with Gasteiger partial charge in [0.15, 0.2) is 0 Å². The van der Waals surface area contributed by atoms with Gasteiger partial charge in [-0.25, -0.2) is 18.4 Å². The van der Waals surface area contributed by atoms with Crippen LogP contribution in [0, 0.1) is 6.92 Å². The van der Waals surface area contributed by atoms with Crippen LogP contribution in [0.15, 0.2) is 65.6 Å². The Morgan fingerprint density at radius 2 is 1.59 bits per heavy atom. The molecule has 2 aromatic carbocycles. The summed E-state index contributed by atoms with van der Waals surface area (Å²) in [6, 6.07) is 16.7. The molecule has 1 aliphatic rings. The van der Waals surface area contributed by atoms with Crippen molar-refractivity contribution in [3.63, 3.8) is 0 Å². The van der Waals surface area contributed by atoms with Gasteiger partial charge in [0.05, 0.1) is 4.90 Å². The van der Waals surface area contributed by atoms with Crippen LogP contribution in [0.3, 0.4) is 0 Å². The van der Waals surface area contributed by atoms with Crippen LogP contribution in [0.2, 0.25) is 0 Å². The SMILES string of the molecule is Cc1cc(N2CCN(C(=O)c3ccc(S(=O)(=O)Nc4ccccc4)cc3)CC2)nc(C(C)C)n1. The molecule has 2 heterocycles. The van der Waals surface area contributed by atoms with E-state index >= 15 is 0 Å². The van der Waals surface area contributed by atoms with Crippen molar-refractivity contribution in [2.24, 2.45) is 0 Å². The van der Waals surface area contributed by atoms with E-state index < -0.39 is 10.0 Å². The highest BCUT2D eigenvalue weighted by Gasteiger charge is 2.24. The van der Waals surface area contributed by atoms with E-state index in [9.17, 15) is 13.2 Å². The second kappa shape index (κ2) is 9.80. The maximum atomic E-state index is 13.0. The number of aryl methyl sites for hydroxylation is 1. The molecule has 1 fully saturated rings. The number of piperazine rings is 1. The summed E-state index contributed by atoms with van der Waals surface area (Å²) in [5.74, 6) is 1.85. The highest BCUT2D eigenvalue weighted by atomic mass is 32.2. The Hall–Kier alpha value is -3.46. The molecular weight excluding hydrogens is 450 g/mol. The van der Waals surface area contributed by atoms with Crippen LogP contribution >= 0.6 is 0 Å². The fourth-order valence-corrected chi connectivity index (χ4v) is 4.87. The van der Waals surface area contributed by atoms with Gasteiger partial charge in [-0.2, -0.15) is 0 Å². The molecule has 1 aromatic heterocycles. The number of carbonyl (C=O) groups is 1. The zero-order chi connectivity index (χ0) is 24.3. The van der Waals surface area contributed by atoms with E-state index in [0.29, 0.717) is 37.4 Å². The van der Waals surface area contributed by atoms with Crippen molar-refractivity contribution in [2.75, 3.05) is 35.8 Å². The van der Waals surface area contributed by atoms with Crippen LogP contribution in [-0.4, -0.2) is 55.4 Å². The fourth-order valence-electron chi connectivity index (χ4n) is 3.81. The Morgan fingerprint density at radius 1 is 0.941 bits per heavy atom. The lowest BCUT2D eigenvalue weighted by molar-refractivity contribution is 0.0746. The van der Waals surface area contributed by atoms with Crippen LogP contribution in [-0.2, 0) is 10.0 Å². The first-order chi connectivity index (χ1) is 16.2. The van der Waals surface area contributed by atoms with Gasteiger partial charge in [0, 0.05) is 55.1 Å². The number of aromatic nitrogens is 2. The molecule has 8 nitrogen and oxygen atoms in total. The Kier molecular flexibility index (Phi) is 6.83. The molecule has 3 aromatic rings. The summed E-state index contributed by atoms with van der Waals surface area (Å²) in [6.07, 6.45) is 0. The van der Waals surface area contributed by atoms with Gasteiger partial charge in [-0.05, 0) is 43.3 Å². The number of amides is 1. The Bertz CT molecular complexity index is 1250. The number of nitrogens with zero attached hydrogens (tertiary/aromatic N) is 4. The first-order valence-electron chi connectivity index (χ1n) is 11.3. The minimum absolute atomic E-state index is 0.109. The first-order valence-corrected chi connectivity index (χ1v) is 12.8. The minimum Gasteiger partial charge on any atom is -0.353 e. The summed E-state index contributed by atoms with van der Waals surface area (Å²) < 4.78 is 27.8. The maximum Gasteiger partial charge on any atom is 0.261 e. The van der Waals surface area contributed by atoms with Gasteiger partial charge in [0.25, 0.3) is 15.9 Å². The van der Waals surface area contributed by atoms with E-state index in [4.69, 9.17) is 4.98 Å². The third kappa shape index (κ3) is 5.36. The zero-order valence-electron chi connectivity index (χ0n) is 19.6. The molecule has 9 heteroatoms. The van der Waals surface area contributed by atoms with Crippen molar-refractivity contribution in [3.8, 4) is 0 Å². The number of carbonyl (C=O) groups excluding carboxylic acids is 1. The molecule has 0 bridgehead atoms. The lowest BCUT2D eigenvalue weighted by Crippen LogP contribution is -2.49. The van der Waals surface area contributed by atoms with Crippen molar-refractivity contribution in [1.29, 1.82) is 0 Å². The predicted octanol–water partition coefficient (Wildman–Crippen LogP) is 3.67. The number of hydrogen-bond donors (Lipinski definition) is 1. The highest BCUT2D eigenvalue weighted by molar-refractivity contribution is 7.92. The predicted molar refractivity (Wildman–Crippen MR) is 133 cm³/mol. The quantitative estimate of drug-likeness (QED) is 0.580. The normalized spacial score (nSPS) is 14.4. The number of hydrogen-bond acceptors (Lipinski definition) is 6. The van der Waals surface area contributed by atoms with Crippen molar-refractivity contribution >= 4 is 27.4 Å². The molecule has 1 aliphatic heterocycles. The van der Waals surface area contributed by atoms with Gasteiger partial charge in [0.1, 0.15) is 11.6 Å². The van der Waals surface area contributed by atoms with E-state index in [0.717, 1.165) is 17.3 Å². The number of anilines is 2. The molecule has 1 N–H and O–H groups in total. The average molecular weight is 480 g/mol. The van der Waals surface area contributed by atoms with E-state index in [1.54, 1.807) is 41.3 Å². The maximum absolute atomic E-state index is 13.0. The van der Waals surface area contributed by atoms with E-state index in [2.05, 4.69) is 28.5 Å². The number of rotatable bonds is 6. The number of nitrogens with one attached hydrogen (secondary N) is 1. The molecule has 1 amide bonds. The van der Waals surface area contributed by atoms with E-state index in [-0.39, 0.29) is 16.7 Å². The second-order valence-corrected chi connectivity index (χ2v) is 10.3. The summed E-state index contributed by atoms with van der Waals surface area (Å²) in [4.78, 5) is 26.3. The zero-order valence-corrected chi connectivity index (χ0v) is 20.4. The van der Waals surface area contributed by atoms with Crippen molar-refractivity contribution in [3.05, 3.63) is 77.7 Å². The van der Waals surface area contributed by atoms with Gasteiger partial charge < -0.3 is 9.80 Å². The van der Waals surface area contributed by atoms with Crippen molar-refractivity contribution in [1.82, 2.24) is 14.9 Å². The summed E-state index contributed by atoms with van der Waals surface area (Å²) in [5.41, 5.74) is 1.89. The minimum atomic E-state index is -3.73. The van der Waals surface area contributed by atoms with Crippen molar-refractivity contribution < 1.29 is 13.2 Å². The first kappa shape index (κ1) is 23.7. The summed E-state index contributed by atoms with van der Waals surface area (Å²) >= 11 is 0. The summed E-state index contributed by atoms with van der Waals surface area (Å²) in [6.45, 7) is 8.59. The van der Waals surface area contributed by atoms with Crippen LogP contribution in [0.5, 0.6) is 0 Å². The van der Waals surface area contributed by atoms with E-state index in [1.807, 2.05) is 19.1 Å². The molecular formula is C25H29N5O3S. The smallest absolute Gasteiger partial charge is 0.261 e. The number of para-hydroxylation sites is 1. The molecule has 0 radical (unpaired) electrons. The van der Waals surface area contributed by atoms with Crippen LogP contribution in [0.25, 0.3) is 0 Å². The molecule has 0 atom stereocenters. The number of sulfonamides is 1. The third-order valence-electron chi connectivity index (χ3n) is 5.70. The molecule has 4 rings (SSSR count). The second-order valence-electron chi connectivity index (χ2n) is 8.66. The molecule has 0 aliphatic carbocycles. The lowest BCUT2D eigenvalue weighted by Gasteiger charge is -2.35. The van der Waals surface area contributed by atoms with Gasteiger partial charge in [-0.15, -0.1) is 0 Å². The molecule has 0 spiro atoms. The van der Waals surface area contributed by atoms with Gasteiger partial charge in [-0.1, -0.05) is 32.0 Å². The average Bonchev–Trinajstić information content (AvgIpc) is 2.84. The Labute approximate surface area is 200 Å². The summed E-state index contributed by atoms with van der Waals surface area (Å²) in [5, 5.41) is 0. The standard InChI is InChI=1S/C25H29N5O3S/c1-18(2)24-26-19(3)17-23(27-24)29-13-15-30(16-14-29)25(31)20-9-11-22(12-10-20)34(32,33)28-21-7-5-4-6-8-21/h4-12,17-18,28H,13-16H2,1-3H3. The third-order valence-corrected chi connectivity index (χ3v) is 7.10. The topological polar surface area (TPSA) is 95.5 Å². The van der Waals surface area contributed by atoms with Gasteiger partial charge >= 0.3 is 0 Å². The van der Waals surface area contributed by atoms with Crippen LogP contribution in [0.1, 0.15) is 41.6 Å². The monoisotopic (exact) mass is 479 g/mol. The Balaban J connectivity index is 1.40. The molecule has 1 saturated heterocycles. The van der Waals surface area contributed by atoms with Gasteiger partial charge in [0.2, 0.25) is 0 Å². The largest absolute Gasteiger partial charge is 0.353 e. The van der Waals surface area contributed by atoms with Crippen LogP contribution in [0.4, 0.5) is 11.5 Å². The number of benzene rings is 2. The lowest BCUT2D eigenvalue weighted by atomic mass is 10.1. The highest BCUT2D eigenvalue weighted by Crippen LogP contribution is 2.21. The Morgan fingerprint density at radius 3 is 2.21 bits per heavy atom. The molecule has 178 valence electrons. The molecule has 34 heavy (non-hydrogen) atoms. The molecule has 0 saturated carbocycles. The van der Waals surface area contributed by atoms with E-state index in [1.165, 1.54) is 12.1 Å². The van der Waals surface area contributed by atoms with Crippen LogP contribution < -0.4 is 9.62 Å². The van der Waals surface area contributed by atoms with Crippen molar-refractivity contribution in [2.45, 2.75) is 31.6 Å². The summed E-state index contributed by atoms with van der Waals surface area (Å²) in [7, 11) is -3.73.